The van der Waals surface area contributed by atoms with Crippen LogP contribution < -0.4 is 4.90 Å². The SMILES string of the molecule is CCc1nc2c(C)cc(N3CCOCC3)nc2n1Cc1ccc(-c2ccccc2C(=O)O)cc1. The number of anilines is 1. The molecule has 7 heteroatoms. The number of ether oxygens (including phenoxy) is 1. The first-order valence-electron chi connectivity index (χ1n) is 11.7. The van der Waals surface area contributed by atoms with Crippen LogP contribution in [0.1, 0.15) is 34.2 Å². The monoisotopic (exact) mass is 456 g/mol. The molecule has 0 aliphatic carbocycles. The summed E-state index contributed by atoms with van der Waals surface area (Å²) in [6.45, 7) is 7.98. The lowest BCUT2D eigenvalue weighted by Gasteiger charge is -2.28. The van der Waals surface area contributed by atoms with Crippen molar-refractivity contribution in [1.29, 1.82) is 0 Å². The molecule has 5 rings (SSSR count). The topological polar surface area (TPSA) is 80.5 Å². The minimum atomic E-state index is -0.922. The summed E-state index contributed by atoms with van der Waals surface area (Å²) in [5, 5.41) is 9.52. The number of hydrogen-bond acceptors (Lipinski definition) is 5. The molecule has 0 saturated carbocycles. The highest BCUT2D eigenvalue weighted by molar-refractivity contribution is 5.96. The van der Waals surface area contributed by atoms with E-state index in [0.29, 0.717) is 12.1 Å². The first kappa shape index (κ1) is 22.1. The van der Waals surface area contributed by atoms with Gasteiger partial charge in [0.15, 0.2) is 5.65 Å². The number of rotatable bonds is 6. The van der Waals surface area contributed by atoms with Crippen LogP contribution in [0.4, 0.5) is 5.82 Å². The van der Waals surface area contributed by atoms with Crippen LogP contribution in [0.5, 0.6) is 0 Å². The molecule has 3 heterocycles. The van der Waals surface area contributed by atoms with Crippen molar-refractivity contribution in [1.82, 2.24) is 14.5 Å². The normalized spacial score (nSPS) is 14.0. The molecule has 34 heavy (non-hydrogen) atoms. The number of aromatic nitrogens is 3. The van der Waals surface area contributed by atoms with E-state index in [-0.39, 0.29) is 0 Å². The maximum Gasteiger partial charge on any atom is 0.336 e. The number of carboxylic acid groups (broad SMARTS) is 1. The molecule has 2 aromatic heterocycles. The molecule has 7 nitrogen and oxygen atoms in total. The molecule has 1 saturated heterocycles. The van der Waals surface area contributed by atoms with Gasteiger partial charge >= 0.3 is 5.97 Å². The zero-order valence-corrected chi connectivity index (χ0v) is 19.5. The summed E-state index contributed by atoms with van der Waals surface area (Å²) in [4.78, 5) is 23.8. The third kappa shape index (κ3) is 4.15. The van der Waals surface area contributed by atoms with Gasteiger partial charge < -0.3 is 19.3 Å². The largest absolute Gasteiger partial charge is 0.478 e. The Labute approximate surface area is 198 Å². The molecular weight excluding hydrogens is 428 g/mol. The Kier molecular flexibility index (Phi) is 6.02. The Balaban J connectivity index is 1.50. The quantitative estimate of drug-likeness (QED) is 0.458. The van der Waals surface area contributed by atoms with Crippen LogP contribution in [-0.4, -0.2) is 51.9 Å². The molecular formula is C27H28N4O3. The lowest BCUT2D eigenvalue weighted by atomic mass is 9.99. The van der Waals surface area contributed by atoms with Crippen LogP contribution in [-0.2, 0) is 17.7 Å². The van der Waals surface area contributed by atoms with Gasteiger partial charge in [-0.3, -0.25) is 0 Å². The minimum Gasteiger partial charge on any atom is -0.478 e. The van der Waals surface area contributed by atoms with Crippen molar-refractivity contribution >= 4 is 23.0 Å². The third-order valence-electron chi connectivity index (χ3n) is 6.37. The van der Waals surface area contributed by atoms with E-state index in [2.05, 4.69) is 41.5 Å². The maximum atomic E-state index is 11.6. The second kappa shape index (κ2) is 9.27. The van der Waals surface area contributed by atoms with E-state index in [1.165, 1.54) is 0 Å². The van der Waals surface area contributed by atoms with Gasteiger partial charge in [0.05, 0.1) is 25.3 Å². The van der Waals surface area contributed by atoms with E-state index in [4.69, 9.17) is 14.7 Å². The molecule has 0 unspecified atom stereocenters. The third-order valence-corrected chi connectivity index (χ3v) is 6.37. The van der Waals surface area contributed by atoms with Gasteiger partial charge in [0.1, 0.15) is 17.2 Å². The van der Waals surface area contributed by atoms with Gasteiger partial charge in [-0.1, -0.05) is 49.4 Å². The van der Waals surface area contributed by atoms with Crippen LogP contribution in [0, 0.1) is 6.92 Å². The van der Waals surface area contributed by atoms with E-state index in [1.54, 1.807) is 12.1 Å². The fraction of sp³-hybridized carbons (Fsp3) is 0.296. The van der Waals surface area contributed by atoms with Gasteiger partial charge in [-0.05, 0) is 41.3 Å². The van der Waals surface area contributed by atoms with E-state index in [9.17, 15) is 9.90 Å². The van der Waals surface area contributed by atoms with Gasteiger partial charge in [-0.2, -0.15) is 0 Å². The average Bonchev–Trinajstić information content (AvgIpc) is 3.23. The minimum absolute atomic E-state index is 0.305. The van der Waals surface area contributed by atoms with Crippen LogP contribution in [0.25, 0.3) is 22.3 Å². The van der Waals surface area contributed by atoms with Gasteiger partial charge in [-0.25, -0.2) is 14.8 Å². The first-order chi connectivity index (χ1) is 16.5. The van der Waals surface area contributed by atoms with Gasteiger partial charge in [0, 0.05) is 19.5 Å². The number of fused-ring (bicyclic) bond motifs is 1. The van der Waals surface area contributed by atoms with Crippen LogP contribution in [0.3, 0.4) is 0 Å². The maximum absolute atomic E-state index is 11.6. The summed E-state index contributed by atoms with van der Waals surface area (Å²) in [5.74, 6) is 1.05. The summed E-state index contributed by atoms with van der Waals surface area (Å²) in [6.07, 6.45) is 0.812. The predicted octanol–water partition coefficient (Wildman–Crippen LogP) is 4.55. The fourth-order valence-electron chi connectivity index (χ4n) is 4.55. The summed E-state index contributed by atoms with van der Waals surface area (Å²) in [6, 6.07) is 17.3. The smallest absolute Gasteiger partial charge is 0.336 e. The van der Waals surface area contributed by atoms with Gasteiger partial charge in [0.2, 0.25) is 0 Å². The van der Waals surface area contributed by atoms with Crippen LogP contribution in [0.2, 0.25) is 0 Å². The van der Waals surface area contributed by atoms with Crippen molar-refractivity contribution in [3.63, 3.8) is 0 Å². The lowest BCUT2D eigenvalue weighted by molar-refractivity contribution is 0.0697. The highest BCUT2D eigenvalue weighted by Crippen LogP contribution is 2.27. The van der Waals surface area contributed by atoms with Crippen molar-refractivity contribution in [2.24, 2.45) is 0 Å². The molecule has 174 valence electrons. The number of carbonyl (C=O) groups is 1. The highest BCUT2D eigenvalue weighted by atomic mass is 16.5. The average molecular weight is 457 g/mol. The Bertz CT molecular complexity index is 1340. The number of imidazole rings is 1. The summed E-state index contributed by atoms with van der Waals surface area (Å²) in [7, 11) is 0. The van der Waals surface area contributed by atoms with E-state index in [0.717, 1.165) is 77.8 Å². The molecule has 0 amide bonds. The summed E-state index contributed by atoms with van der Waals surface area (Å²) in [5.41, 5.74) is 5.99. The van der Waals surface area contributed by atoms with Crippen LogP contribution >= 0.6 is 0 Å². The van der Waals surface area contributed by atoms with Crippen molar-refractivity contribution < 1.29 is 14.6 Å². The lowest BCUT2D eigenvalue weighted by Crippen LogP contribution is -2.36. The molecule has 0 spiro atoms. The Morgan fingerprint density at radius 1 is 1.06 bits per heavy atom. The number of aryl methyl sites for hydroxylation is 2. The summed E-state index contributed by atoms with van der Waals surface area (Å²) >= 11 is 0. The first-order valence-corrected chi connectivity index (χ1v) is 11.7. The predicted molar refractivity (Wildman–Crippen MR) is 133 cm³/mol. The van der Waals surface area contributed by atoms with E-state index >= 15 is 0 Å². The molecule has 0 atom stereocenters. The zero-order chi connectivity index (χ0) is 23.7. The molecule has 4 aromatic rings. The number of hydrogen-bond donors (Lipinski definition) is 1. The number of nitrogens with zero attached hydrogens (tertiary/aromatic N) is 4. The fourth-order valence-corrected chi connectivity index (χ4v) is 4.55. The van der Waals surface area contributed by atoms with Gasteiger partial charge in [0.25, 0.3) is 0 Å². The number of morpholine rings is 1. The number of pyridine rings is 1. The van der Waals surface area contributed by atoms with E-state index in [1.807, 2.05) is 24.3 Å². The molecule has 1 aliphatic heterocycles. The van der Waals surface area contributed by atoms with E-state index < -0.39 is 5.97 Å². The number of carboxylic acids is 1. The zero-order valence-electron chi connectivity index (χ0n) is 19.5. The Hall–Kier alpha value is -3.71. The second-order valence-corrected chi connectivity index (χ2v) is 8.58. The Morgan fingerprint density at radius 3 is 2.50 bits per heavy atom. The standard InChI is InChI=1S/C27H28N4O3/c1-3-23-28-25-18(2)16-24(30-12-14-34-15-13-30)29-26(25)31(23)17-19-8-10-20(11-9-19)21-6-4-5-7-22(21)27(32)33/h4-11,16H,3,12-15,17H2,1-2H3,(H,32,33). The van der Waals surface area contributed by atoms with Crippen molar-refractivity contribution in [3.05, 3.63) is 77.1 Å². The molecule has 2 aromatic carbocycles. The summed E-state index contributed by atoms with van der Waals surface area (Å²) < 4.78 is 7.71. The number of aromatic carboxylic acids is 1. The molecule has 0 radical (unpaired) electrons. The van der Waals surface area contributed by atoms with Crippen molar-refractivity contribution in [3.8, 4) is 11.1 Å². The molecule has 1 fully saturated rings. The second-order valence-electron chi connectivity index (χ2n) is 8.58. The molecule has 0 bridgehead atoms. The highest BCUT2D eigenvalue weighted by Gasteiger charge is 2.19. The molecule has 1 aliphatic rings. The van der Waals surface area contributed by atoms with Gasteiger partial charge in [-0.15, -0.1) is 0 Å². The van der Waals surface area contributed by atoms with Crippen LogP contribution in [0.15, 0.2) is 54.6 Å². The van der Waals surface area contributed by atoms with Crippen molar-refractivity contribution in [2.75, 3.05) is 31.2 Å². The molecule has 1 N–H and O–H groups in total. The van der Waals surface area contributed by atoms with Crippen molar-refractivity contribution in [2.45, 2.75) is 26.8 Å². The number of benzene rings is 2. The Morgan fingerprint density at radius 2 is 1.79 bits per heavy atom.